The summed E-state index contributed by atoms with van der Waals surface area (Å²) in [6.07, 6.45) is 3.91. The lowest BCUT2D eigenvalue weighted by atomic mass is 9.81. The second kappa shape index (κ2) is 9.72. The monoisotopic (exact) mass is 488 g/mol. The summed E-state index contributed by atoms with van der Waals surface area (Å²) in [6.45, 7) is 0.431. The lowest BCUT2D eigenvalue weighted by Crippen LogP contribution is -2.43. The van der Waals surface area contributed by atoms with E-state index in [4.69, 9.17) is 5.73 Å². The molecule has 2 aromatic heterocycles. The van der Waals surface area contributed by atoms with Gasteiger partial charge in [0, 0.05) is 31.7 Å². The molecule has 3 heterocycles. The van der Waals surface area contributed by atoms with E-state index in [0.717, 1.165) is 47.3 Å². The highest BCUT2D eigenvalue weighted by molar-refractivity contribution is 8.00. The number of carbonyl (C=O) groups excluding carboxylic acids is 1. The lowest BCUT2D eigenvalue weighted by molar-refractivity contribution is -0.113. The molecule has 1 saturated carbocycles. The zero-order valence-corrected chi connectivity index (χ0v) is 20.4. The molecule has 9 heteroatoms. The highest BCUT2D eigenvalue weighted by Crippen LogP contribution is 2.34. The number of nitrogens with zero attached hydrogens (tertiary/aromatic N) is 4. The first-order valence-corrected chi connectivity index (χ1v) is 12.9. The molecule has 0 radical (unpaired) electrons. The van der Waals surface area contributed by atoms with E-state index < -0.39 is 0 Å². The van der Waals surface area contributed by atoms with Crippen molar-refractivity contribution in [1.82, 2.24) is 9.55 Å². The minimum absolute atomic E-state index is 0.0153. The van der Waals surface area contributed by atoms with E-state index in [9.17, 15) is 14.9 Å². The SMILES string of the molecule is CN(c1ccc2c(n1)NC(=O)CS2)[C@H]1CC[C@H](C(N)Cn2c(=O)ccc3ccc(C#N)cc32)CC1. The Balaban J connectivity index is 1.25. The van der Waals surface area contributed by atoms with Crippen LogP contribution in [0.2, 0.25) is 0 Å². The molecular weight excluding hydrogens is 460 g/mol. The minimum atomic E-state index is -0.149. The van der Waals surface area contributed by atoms with Gasteiger partial charge in [-0.1, -0.05) is 6.07 Å². The summed E-state index contributed by atoms with van der Waals surface area (Å²) in [5, 5.41) is 13.1. The number of hydrogen-bond donors (Lipinski definition) is 2. The summed E-state index contributed by atoms with van der Waals surface area (Å²) in [5.74, 6) is 2.23. The lowest BCUT2D eigenvalue weighted by Gasteiger charge is -2.37. The van der Waals surface area contributed by atoms with Crippen molar-refractivity contribution in [2.75, 3.05) is 23.0 Å². The van der Waals surface area contributed by atoms with Crippen LogP contribution in [-0.4, -0.2) is 40.3 Å². The van der Waals surface area contributed by atoms with Crippen LogP contribution in [0, 0.1) is 17.2 Å². The fraction of sp³-hybridized carbons (Fsp3) is 0.385. The molecule has 1 atom stereocenters. The van der Waals surface area contributed by atoms with E-state index in [1.807, 2.05) is 18.2 Å². The Bertz CT molecular complexity index is 1370. The molecule has 0 saturated heterocycles. The van der Waals surface area contributed by atoms with Gasteiger partial charge in [0.05, 0.1) is 27.8 Å². The molecule has 1 unspecified atom stereocenters. The number of thioether (sulfide) groups is 1. The molecule has 1 aromatic carbocycles. The Hall–Kier alpha value is -3.35. The molecule has 35 heavy (non-hydrogen) atoms. The fourth-order valence-corrected chi connectivity index (χ4v) is 5.92. The third kappa shape index (κ3) is 4.77. The Kier molecular flexibility index (Phi) is 6.50. The zero-order valence-electron chi connectivity index (χ0n) is 19.6. The first-order chi connectivity index (χ1) is 16.9. The second-order valence-corrected chi connectivity index (χ2v) is 10.4. The van der Waals surface area contributed by atoms with Crippen LogP contribution in [0.25, 0.3) is 10.9 Å². The van der Waals surface area contributed by atoms with Crippen LogP contribution in [0.3, 0.4) is 0 Å². The van der Waals surface area contributed by atoms with Crippen LogP contribution in [0.5, 0.6) is 0 Å². The number of pyridine rings is 2. The average molecular weight is 489 g/mol. The molecule has 1 aliphatic heterocycles. The van der Waals surface area contributed by atoms with Crippen molar-refractivity contribution in [3.8, 4) is 6.07 Å². The standard InChI is InChI=1S/C26H28N6O2S/c1-31(23-10-9-22-26(29-23)30-24(33)15-35-22)19-7-4-17(5-8-19)20(28)14-32-21-12-16(13-27)2-3-18(21)6-11-25(32)34/h2-3,6,9-12,17,19-20H,4-5,7-8,14-15,28H2,1H3,(H,29,30,33)/t17-,19-,20?. The molecule has 3 aromatic rings. The van der Waals surface area contributed by atoms with Crippen molar-refractivity contribution in [2.24, 2.45) is 11.7 Å². The highest BCUT2D eigenvalue weighted by atomic mass is 32.2. The van der Waals surface area contributed by atoms with Crippen LogP contribution in [-0.2, 0) is 11.3 Å². The molecule has 1 fully saturated rings. The smallest absolute Gasteiger partial charge is 0.251 e. The topological polar surface area (TPSA) is 117 Å². The van der Waals surface area contributed by atoms with Gasteiger partial charge in [0.1, 0.15) is 11.6 Å². The Morgan fingerprint density at radius 3 is 2.74 bits per heavy atom. The molecule has 2 aliphatic rings. The first kappa shape index (κ1) is 23.4. The summed E-state index contributed by atoms with van der Waals surface area (Å²) in [5.41, 5.74) is 7.83. The summed E-state index contributed by atoms with van der Waals surface area (Å²) in [6, 6.07) is 15.2. The Labute approximate surface area is 208 Å². The number of nitriles is 1. The number of hydrogen-bond acceptors (Lipinski definition) is 7. The molecule has 1 aliphatic carbocycles. The predicted octanol–water partition coefficient (Wildman–Crippen LogP) is 3.33. The van der Waals surface area contributed by atoms with Gasteiger partial charge in [-0.25, -0.2) is 4.98 Å². The van der Waals surface area contributed by atoms with Gasteiger partial charge in [-0.2, -0.15) is 5.26 Å². The van der Waals surface area contributed by atoms with Crippen molar-refractivity contribution < 1.29 is 4.79 Å². The van der Waals surface area contributed by atoms with Gasteiger partial charge >= 0.3 is 0 Å². The zero-order chi connectivity index (χ0) is 24.5. The van der Waals surface area contributed by atoms with E-state index in [2.05, 4.69) is 28.3 Å². The van der Waals surface area contributed by atoms with Crippen LogP contribution in [0.4, 0.5) is 11.6 Å². The predicted molar refractivity (Wildman–Crippen MR) is 139 cm³/mol. The van der Waals surface area contributed by atoms with Crippen molar-refractivity contribution in [1.29, 1.82) is 5.26 Å². The van der Waals surface area contributed by atoms with E-state index in [1.165, 1.54) is 11.8 Å². The van der Waals surface area contributed by atoms with E-state index in [1.54, 1.807) is 28.8 Å². The van der Waals surface area contributed by atoms with E-state index >= 15 is 0 Å². The molecule has 3 N–H and O–H groups in total. The van der Waals surface area contributed by atoms with Gasteiger partial charge in [0.15, 0.2) is 0 Å². The van der Waals surface area contributed by atoms with Crippen molar-refractivity contribution in [2.45, 2.75) is 49.2 Å². The summed E-state index contributed by atoms with van der Waals surface area (Å²) in [4.78, 5) is 32.3. The van der Waals surface area contributed by atoms with Gasteiger partial charge < -0.3 is 20.5 Å². The van der Waals surface area contributed by atoms with Gasteiger partial charge in [0.25, 0.3) is 5.56 Å². The first-order valence-electron chi connectivity index (χ1n) is 11.9. The van der Waals surface area contributed by atoms with Crippen molar-refractivity contribution in [3.05, 3.63) is 58.4 Å². The van der Waals surface area contributed by atoms with Crippen LogP contribution >= 0.6 is 11.8 Å². The number of aromatic nitrogens is 2. The molecule has 8 nitrogen and oxygen atoms in total. The van der Waals surface area contributed by atoms with Gasteiger partial charge in [-0.15, -0.1) is 11.8 Å². The summed E-state index contributed by atoms with van der Waals surface area (Å²) >= 11 is 1.51. The van der Waals surface area contributed by atoms with Gasteiger partial charge in [-0.05, 0) is 67.3 Å². The number of fused-ring (bicyclic) bond motifs is 2. The van der Waals surface area contributed by atoms with E-state index in [-0.39, 0.29) is 17.5 Å². The number of anilines is 2. The minimum Gasteiger partial charge on any atom is -0.357 e. The van der Waals surface area contributed by atoms with Crippen LogP contribution < -0.4 is 21.5 Å². The quantitative estimate of drug-likeness (QED) is 0.566. The van der Waals surface area contributed by atoms with Crippen LogP contribution in [0.1, 0.15) is 31.2 Å². The highest BCUT2D eigenvalue weighted by Gasteiger charge is 2.29. The largest absolute Gasteiger partial charge is 0.357 e. The number of nitrogens with two attached hydrogens (primary N) is 1. The maximum atomic E-state index is 12.7. The van der Waals surface area contributed by atoms with Crippen molar-refractivity contribution in [3.63, 3.8) is 0 Å². The Morgan fingerprint density at radius 1 is 1.20 bits per heavy atom. The number of amides is 1. The average Bonchev–Trinajstić information content (AvgIpc) is 2.89. The molecular formula is C26H28N6O2S. The molecule has 5 rings (SSSR count). The molecule has 0 spiro atoms. The summed E-state index contributed by atoms with van der Waals surface area (Å²) in [7, 11) is 2.06. The maximum absolute atomic E-state index is 12.7. The number of rotatable bonds is 5. The van der Waals surface area contributed by atoms with Gasteiger partial charge in [0.2, 0.25) is 5.91 Å². The third-order valence-electron chi connectivity index (χ3n) is 7.23. The van der Waals surface area contributed by atoms with E-state index in [0.29, 0.717) is 35.6 Å². The third-order valence-corrected chi connectivity index (χ3v) is 8.28. The Morgan fingerprint density at radius 2 is 1.97 bits per heavy atom. The summed E-state index contributed by atoms with van der Waals surface area (Å²) < 4.78 is 1.71. The molecule has 1 amide bonds. The fourth-order valence-electron chi connectivity index (χ4n) is 5.16. The van der Waals surface area contributed by atoms with Gasteiger partial charge in [-0.3, -0.25) is 9.59 Å². The van der Waals surface area contributed by atoms with Crippen LogP contribution in [0.15, 0.2) is 52.2 Å². The van der Waals surface area contributed by atoms with Crippen molar-refractivity contribution >= 4 is 40.2 Å². The molecule has 0 bridgehead atoms. The number of nitrogens with one attached hydrogen (secondary N) is 1. The number of carbonyl (C=O) groups is 1. The second-order valence-electron chi connectivity index (χ2n) is 9.36. The maximum Gasteiger partial charge on any atom is 0.251 e. The number of benzene rings is 1. The molecule has 180 valence electrons. The normalized spacial score (nSPS) is 20.5.